The van der Waals surface area contributed by atoms with Crippen molar-refractivity contribution in [2.75, 3.05) is 33.2 Å². The van der Waals surface area contributed by atoms with Gasteiger partial charge in [0.2, 0.25) is 0 Å². The summed E-state index contributed by atoms with van der Waals surface area (Å²) in [5.41, 5.74) is 0. The first-order chi connectivity index (χ1) is 7.17. The van der Waals surface area contributed by atoms with E-state index >= 15 is 0 Å². The van der Waals surface area contributed by atoms with Crippen LogP contribution in [-0.4, -0.2) is 49.1 Å². The second-order valence-corrected chi connectivity index (χ2v) is 4.70. The number of hydrogen-bond acceptors (Lipinski definition) is 3. The standard InChI is InChI=1S/C12H23N3/c1-4-12-10-14(3)6-5-7-15(12)9-11(2)8-13/h11-12H,4-7,9-10H2,1-3H3. The summed E-state index contributed by atoms with van der Waals surface area (Å²) in [4.78, 5) is 4.91. The summed E-state index contributed by atoms with van der Waals surface area (Å²) < 4.78 is 0. The minimum atomic E-state index is 0.155. The molecule has 0 bridgehead atoms. The molecule has 1 rings (SSSR count). The van der Waals surface area contributed by atoms with Crippen LogP contribution in [0.4, 0.5) is 0 Å². The molecule has 3 nitrogen and oxygen atoms in total. The monoisotopic (exact) mass is 209 g/mol. The van der Waals surface area contributed by atoms with Crippen LogP contribution in [0.2, 0.25) is 0 Å². The molecule has 0 aliphatic carbocycles. The van der Waals surface area contributed by atoms with E-state index in [0.29, 0.717) is 6.04 Å². The van der Waals surface area contributed by atoms with Gasteiger partial charge in [0.05, 0.1) is 12.0 Å². The summed E-state index contributed by atoms with van der Waals surface area (Å²) in [7, 11) is 2.19. The molecule has 15 heavy (non-hydrogen) atoms. The highest BCUT2D eigenvalue weighted by Gasteiger charge is 2.22. The Hall–Kier alpha value is -0.590. The van der Waals surface area contributed by atoms with Crippen molar-refractivity contribution in [2.45, 2.75) is 32.7 Å². The minimum absolute atomic E-state index is 0.155. The van der Waals surface area contributed by atoms with Crippen LogP contribution in [0.15, 0.2) is 0 Å². The van der Waals surface area contributed by atoms with Crippen molar-refractivity contribution in [3.8, 4) is 6.07 Å². The van der Waals surface area contributed by atoms with Gasteiger partial charge in [-0.3, -0.25) is 4.90 Å². The second-order valence-electron chi connectivity index (χ2n) is 4.70. The van der Waals surface area contributed by atoms with E-state index in [0.717, 1.165) is 19.6 Å². The maximum atomic E-state index is 8.86. The molecule has 1 aliphatic rings. The lowest BCUT2D eigenvalue weighted by molar-refractivity contribution is 0.172. The van der Waals surface area contributed by atoms with Crippen molar-refractivity contribution in [2.24, 2.45) is 5.92 Å². The van der Waals surface area contributed by atoms with Crippen molar-refractivity contribution in [1.29, 1.82) is 5.26 Å². The molecule has 86 valence electrons. The molecule has 0 aromatic heterocycles. The average Bonchev–Trinajstić information content (AvgIpc) is 2.40. The lowest BCUT2D eigenvalue weighted by Crippen LogP contribution is -2.41. The normalized spacial score (nSPS) is 26.9. The first kappa shape index (κ1) is 12.5. The van der Waals surface area contributed by atoms with Crippen LogP contribution in [0.1, 0.15) is 26.7 Å². The van der Waals surface area contributed by atoms with Crippen LogP contribution in [0.5, 0.6) is 0 Å². The molecule has 0 aromatic carbocycles. The lowest BCUT2D eigenvalue weighted by atomic mass is 10.1. The van der Waals surface area contributed by atoms with E-state index in [2.05, 4.69) is 29.8 Å². The third-order valence-corrected chi connectivity index (χ3v) is 3.22. The zero-order valence-corrected chi connectivity index (χ0v) is 10.2. The zero-order chi connectivity index (χ0) is 11.3. The van der Waals surface area contributed by atoms with Crippen LogP contribution >= 0.6 is 0 Å². The highest BCUT2D eigenvalue weighted by Crippen LogP contribution is 2.13. The molecule has 0 aromatic rings. The molecule has 1 heterocycles. The minimum Gasteiger partial charge on any atom is -0.305 e. The third kappa shape index (κ3) is 3.81. The van der Waals surface area contributed by atoms with Gasteiger partial charge in [-0.25, -0.2) is 0 Å². The van der Waals surface area contributed by atoms with Gasteiger partial charge in [0.1, 0.15) is 0 Å². The molecule has 0 amide bonds. The summed E-state index contributed by atoms with van der Waals surface area (Å²) in [5, 5.41) is 8.86. The SMILES string of the molecule is CCC1CN(C)CCCN1CC(C)C#N. The quantitative estimate of drug-likeness (QED) is 0.706. The van der Waals surface area contributed by atoms with Gasteiger partial charge in [-0.15, -0.1) is 0 Å². The van der Waals surface area contributed by atoms with Gasteiger partial charge in [0, 0.05) is 19.1 Å². The molecular formula is C12H23N3. The summed E-state index contributed by atoms with van der Waals surface area (Å²) in [6.07, 6.45) is 2.41. The summed E-state index contributed by atoms with van der Waals surface area (Å²) in [6.45, 7) is 8.68. The van der Waals surface area contributed by atoms with Crippen LogP contribution < -0.4 is 0 Å². The van der Waals surface area contributed by atoms with Crippen LogP contribution in [0.3, 0.4) is 0 Å². The van der Waals surface area contributed by atoms with Gasteiger partial charge in [0.15, 0.2) is 0 Å². The number of rotatable bonds is 3. The molecule has 0 saturated carbocycles. The zero-order valence-electron chi connectivity index (χ0n) is 10.2. The molecule has 1 fully saturated rings. The average molecular weight is 209 g/mol. The molecule has 1 saturated heterocycles. The number of nitriles is 1. The first-order valence-electron chi connectivity index (χ1n) is 5.99. The van der Waals surface area contributed by atoms with Crippen LogP contribution in [0, 0.1) is 17.2 Å². The highest BCUT2D eigenvalue weighted by atomic mass is 15.2. The molecule has 2 atom stereocenters. The van der Waals surface area contributed by atoms with Crippen molar-refractivity contribution in [3.05, 3.63) is 0 Å². The molecule has 0 spiro atoms. The van der Waals surface area contributed by atoms with Crippen molar-refractivity contribution < 1.29 is 0 Å². The molecule has 2 unspecified atom stereocenters. The van der Waals surface area contributed by atoms with E-state index in [1.807, 2.05) is 6.92 Å². The van der Waals surface area contributed by atoms with Crippen molar-refractivity contribution in [1.82, 2.24) is 9.80 Å². The molecule has 3 heteroatoms. The number of hydrogen-bond donors (Lipinski definition) is 0. The first-order valence-corrected chi connectivity index (χ1v) is 5.99. The van der Waals surface area contributed by atoms with E-state index in [1.54, 1.807) is 0 Å². The largest absolute Gasteiger partial charge is 0.305 e. The Bertz CT molecular complexity index is 221. The Morgan fingerprint density at radius 3 is 2.80 bits per heavy atom. The Morgan fingerprint density at radius 2 is 2.20 bits per heavy atom. The van der Waals surface area contributed by atoms with E-state index in [4.69, 9.17) is 5.26 Å². The molecule has 0 N–H and O–H groups in total. The Balaban J connectivity index is 2.55. The molecular weight excluding hydrogens is 186 g/mol. The van der Waals surface area contributed by atoms with Gasteiger partial charge >= 0.3 is 0 Å². The summed E-state index contributed by atoms with van der Waals surface area (Å²) >= 11 is 0. The molecule has 0 radical (unpaired) electrons. The van der Waals surface area contributed by atoms with Gasteiger partial charge in [0.25, 0.3) is 0 Å². The lowest BCUT2D eigenvalue weighted by Gasteiger charge is -2.30. The summed E-state index contributed by atoms with van der Waals surface area (Å²) in [5.74, 6) is 0.155. The fraction of sp³-hybridized carbons (Fsp3) is 0.917. The Labute approximate surface area is 93.7 Å². The van der Waals surface area contributed by atoms with Crippen molar-refractivity contribution >= 4 is 0 Å². The second kappa shape index (κ2) is 6.09. The van der Waals surface area contributed by atoms with Gasteiger partial charge in [-0.05, 0) is 39.9 Å². The fourth-order valence-corrected chi connectivity index (χ4v) is 2.31. The van der Waals surface area contributed by atoms with Gasteiger partial charge in [-0.1, -0.05) is 6.92 Å². The predicted octanol–water partition coefficient (Wildman–Crippen LogP) is 1.56. The van der Waals surface area contributed by atoms with Crippen molar-refractivity contribution in [3.63, 3.8) is 0 Å². The maximum Gasteiger partial charge on any atom is 0.0666 e. The van der Waals surface area contributed by atoms with Gasteiger partial charge < -0.3 is 4.90 Å². The smallest absolute Gasteiger partial charge is 0.0666 e. The Kier molecular flexibility index (Phi) is 5.07. The van der Waals surface area contributed by atoms with E-state index in [-0.39, 0.29) is 5.92 Å². The van der Waals surface area contributed by atoms with E-state index in [1.165, 1.54) is 19.4 Å². The van der Waals surface area contributed by atoms with E-state index in [9.17, 15) is 0 Å². The van der Waals surface area contributed by atoms with Gasteiger partial charge in [-0.2, -0.15) is 5.26 Å². The molecule has 1 aliphatic heterocycles. The number of nitrogens with zero attached hydrogens (tertiary/aromatic N) is 3. The van der Waals surface area contributed by atoms with Crippen LogP contribution in [-0.2, 0) is 0 Å². The number of likely N-dealkylation sites (N-methyl/N-ethyl adjacent to an activating group) is 1. The Morgan fingerprint density at radius 1 is 1.47 bits per heavy atom. The summed E-state index contributed by atoms with van der Waals surface area (Å²) in [6, 6.07) is 2.97. The van der Waals surface area contributed by atoms with Crippen LogP contribution in [0.25, 0.3) is 0 Å². The highest BCUT2D eigenvalue weighted by molar-refractivity contribution is 4.85. The third-order valence-electron chi connectivity index (χ3n) is 3.22. The maximum absolute atomic E-state index is 8.86. The predicted molar refractivity (Wildman–Crippen MR) is 62.5 cm³/mol. The fourth-order valence-electron chi connectivity index (χ4n) is 2.31. The van der Waals surface area contributed by atoms with E-state index < -0.39 is 0 Å². The topological polar surface area (TPSA) is 30.3 Å².